The first-order chi connectivity index (χ1) is 23.6. The lowest BCUT2D eigenvalue weighted by molar-refractivity contribution is 1.29. The number of para-hydroxylation sites is 1. The standard InChI is InChI=1S/C42H22N6/c43-23-26-10-16-30(17-11-26)39-38-37(33-8-4-5-9-35(33)46-39)34(29-6-2-1-3-7-29)22-36-42(38)48-41(32-20-14-28(25-45)15-21-32)40(47-36)31-18-12-27(24-44)13-19-31/h1-22H. The van der Waals surface area contributed by atoms with E-state index in [0.29, 0.717) is 39.1 Å². The molecule has 0 aliphatic carbocycles. The Kier molecular flexibility index (Phi) is 6.85. The average Bonchev–Trinajstić information content (AvgIpc) is 3.17. The molecule has 0 saturated heterocycles. The second-order valence-electron chi connectivity index (χ2n) is 11.4. The lowest BCUT2D eigenvalue weighted by Crippen LogP contribution is -2.00. The molecule has 8 aromatic rings. The fraction of sp³-hybridized carbons (Fsp3) is 0. The molecule has 0 fully saturated rings. The second-order valence-corrected chi connectivity index (χ2v) is 11.4. The van der Waals surface area contributed by atoms with Crippen LogP contribution in [-0.4, -0.2) is 15.0 Å². The van der Waals surface area contributed by atoms with Crippen LogP contribution in [0.1, 0.15) is 16.7 Å². The van der Waals surface area contributed by atoms with Crippen molar-refractivity contribution >= 4 is 32.7 Å². The molecule has 6 aromatic carbocycles. The number of benzene rings is 6. The van der Waals surface area contributed by atoms with Gasteiger partial charge in [0.2, 0.25) is 0 Å². The number of rotatable bonds is 4. The van der Waals surface area contributed by atoms with Gasteiger partial charge in [-0.05, 0) is 59.7 Å². The summed E-state index contributed by atoms with van der Waals surface area (Å²) in [6, 6.07) is 49.2. The van der Waals surface area contributed by atoms with E-state index < -0.39 is 0 Å². The van der Waals surface area contributed by atoms with E-state index >= 15 is 0 Å². The third kappa shape index (κ3) is 4.77. The fourth-order valence-corrected chi connectivity index (χ4v) is 6.23. The van der Waals surface area contributed by atoms with Crippen LogP contribution in [0.5, 0.6) is 0 Å². The zero-order chi connectivity index (χ0) is 32.6. The number of nitrogens with zero attached hydrogens (tertiary/aromatic N) is 6. The third-order valence-electron chi connectivity index (χ3n) is 8.55. The summed E-state index contributed by atoms with van der Waals surface area (Å²) in [6.07, 6.45) is 0. The number of hydrogen-bond acceptors (Lipinski definition) is 6. The molecule has 0 aliphatic heterocycles. The highest BCUT2D eigenvalue weighted by Crippen LogP contribution is 2.43. The zero-order valence-corrected chi connectivity index (χ0v) is 25.4. The van der Waals surface area contributed by atoms with Gasteiger partial charge in [-0.15, -0.1) is 0 Å². The van der Waals surface area contributed by atoms with Gasteiger partial charge in [-0.3, -0.25) is 0 Å². The molecule has 8 rings (SSSR count). The van der Waals surface area contributed by atoms with Crippen molar-refractivity contribution in [2.45, 2.75) is 0 Å². The molecular formula is C42H22N6. The van der Waals surface area contributed by atoms with Gasteiger partial charge in [-0.1, -0.05) is 84.9 Å². The number of nitriles is 3. The molecule has 0 spiro atoms. The van der Waals surface area contributed by atoms with Crippen molar-refractivity contribution < 1.29 is 0 Å². The van der Waals surface area contributed by atoms with Gasteiger partial charge in [0, 0.05) is 32.8 Å². The van der Waals surface area contributed by atoms with Crippen molar-refractivity contribution in [2.24, 2.45) is 0 Å². The van der Waals surface area contributed by atoms with E-state index in [2.05, 4.69) is 42.5 Å². The van der Waals surface area contributed by atoms with Gasteiger partial charge >= 0.3 is 0 Å². The van der Waals surface area contributed by atoms with Gasteiger partial charge in [0.1, 0.15) is 0 Å². The Balaban J connectivity index is 1.57. The maximum atomic E-state index is 9.52. The first-order valence-electron chi connectivity index (χ1n) is 15.3. The minimum absolute atomic E-state index is 0.546. The maximum absolute atomic E-state index is 9.52. The number of aromatic nitrogens is 3. The first kappa shape index (κ1) is 28.3. The quantitative estimate of drug-likeness (QED) is 0.184. The molecule has 48 heavy (non-hydrogen) atoms. The second kappa shape index (κ2) is 11.6. The average molecular weight is 611 g/mol. The molecule has 0 unspecified atom stereocenters. The van der Waals surface area contributed by atoms with E-state index in [9.17, 15) is 15.8 Å². The van der Waals surface area contributed by atoms with Crippen molar-refractivity contribution in [1.29, 1.82) is 15.8 Å². The van der Waals surface area contributed by atoms with Crippen LogP contribution in [0.25, 0.3) is 77.6 Å². The smallest absolute Gasteiger partial charge is 0.0995 e. The summed E-state index contributed by atoms with van der Waals surface area (Å²) < 4.78 is 0. The van der Waals surface area contributed by atoms with E-state index in [-0.39, 0.29) is 0 Å². The highest BCUT2D eigenvalue weighted by Gasteiger charge is 2.22. The van der Waals surface area contributed by atoms with Crippen LogP contribution in [0, 0.1) is 34.0 Å². The lowest BCUT2D eigenvalue weighted by Gasteiger charge is -2.18. The molecule has 0 amide bonds. The molecule has 0 atom stereocenters. The Bertz CT molecular complexity index is 2660. The molecule has 0 aliphatic rings. The summed E-state index contributed by atoms with van der Waals surface area (Å²) in [4.78, 5) is 15.9. The van der Waals surface area contributed by atoms with Crippen molar-refractivity contribution in [3.63, 3.8) is 0 Å². The maximum Gasteiger partial charge on any atom is 0.0995 e. The molecule has 2 heterocycles. The van der Waals surface area contributed by atoms with Gasteiger partial charge < -0.3 is 0 Å². The van der Waals surface area contributed by atoms with Crippen LogP contribution in [0.2, 0.25) is 0 Å². The monoisotopic (exact) mass is 610 g/mol. The third-order valence-corrected chi connectivity index (χ3v) is 8.55. The fourth-order valence-electron chi connectivity index (χ4n) is 6.23. The highest BCUT2D eigenvalue weighted by atomic mass is 14.8. The van der Waals surface area contributed by atoms with E-state index in [0.717, 1.165) is 55.2 Å². The van der Waals surface area contributed by atoms with Gasteiger partial charge in [-0.2, -0.15) is 15.8 Å². The minimum atomic E-state index is 0.546. The zero-order valence-electron chi connectivity index (χ0n) is 25.4. The van der Waals surface area contributed by atoms with Gasteiger partial charge in [0.05, 0.1) is 68.5 Å². The SMILES string of the molecule is N#Cc1ccc(-c2nc3cc(-c4ccccc4)c4c5ccccc5nc(-c5ccc(C#N)cc5)c4c3nc2-c2ccc(C#N)cc2)cc1. The van der Waals surface area contributed by atoms with Crippen LogP contribution in [0.15, 0.2) is 133 Å². The predicted molar refractivity (Wildman–Crippen MR) is 188 cm³/mol. The topological polar surface area (TPSA) is 110 Å². The van der Waals surface area contributed by atoms with Crippen LogP contribution < -0.4 is 0 Å². The Morgan fingerprint density at radius 2 is 0.875 bits per heavy atom. The Hall–Kier alpha value is -7.20. The largest absolute Gasteiger partial charge is 0.247 e. The summed E-state index contributed by atoms with van der Waals surface area (Å²) in [7, 11) is 0. The molecule has 6 nitrogen and oxygen atoms in total. The lowest BCUT2D eigenvalue weighted by atomic mass is 9.91. The predicted octanol–water partition coefficient (Wildman–Crippen LogP) is 9.61. The van der Waals surface area contributed by atoms with E-state index in [1.54, 1.807) is 36.4 Å². The van der Waals surface area contributed by atoms with Gasteiger partial charge in [-0.25, -0.2) is 15.0 Å². The molecule has 0 saturated carbocycles. The molecule has 220 valence electrons. The van der Waals surface area contributed by atoms with Crippen molar-refractivity contribution in [3.05, 3.63) is 150 Å². The van der Waals surface area contributed by atoms with Crippen molar-refractivity contribution in [2.75, 3.05) is 0 Å². The molecule has 6 heteroatoms. The number of pyridine rings is 1. The molecule has 0 radical (unpaired) electrons. The Morgan fingerprint density at radius 1 is 0.396 bits per heavy atom. The summed E-state index contributed by atoms with van der Waals surface area (Å²) in [5.41, 5.74) is 10.4. The molecule has 2 aromatic heterocycles. The Morgan fingerprint density at radius 3 is 1.44 bits per heavy atom. The summed E-state index contributed by atoms with van der Waals surface area (Å²) in [5, 5.41) is 31.3. The van der Waals surface area contributed by atoms with Crippen LogP contribution in [0.4, 0.5) is 0 Å². The molecule has 0 bridgehead atoms. The van der Waals surface area contributed by atoms with Crippen molar-refractivity contribution in [1.82, 2.24) is 15.0 Å². The van der Waals surface area contributed by atoms with Crippen LogP contribution in [-0.2, 0) is 0 Å². The summed E-state index contributed by atoms with van der Waals surface area (Å²) in [5.74, 6) is 0. The van der Waals surface area contributed by atoms with Crippen LogP contribution >= 0.6 is 0 Å². The van der Waals surface area contributed by atoms with Gasteiger partial charge in [0.15, 0.2) is 0 Å². The summed E-state index contributed by atoms with van der Waals surface area (Å²) >= 11 is 0. The minimum Gasteiger partial charge on any atom is -0.247 e. The number of hydrogen-bond donors (Lipinski definition) is 0. The summed E-state index contributed by atoms with van der Waals surface area (Å²) in [6.45, 7) is 0. The first-order valence-corrected chi connectivity index (χ1v) is 15.3. The normalized spacial score (nSPS) is 10.9. The van der Waals surface area contributed by atoms with Crippen molar-refractivity contribution in [3.8, 4) is 63.1 Å². The van der Waals surface area contributed by atoms with Gasteiger partial charge in [0.25, 0.3) is 0 Å². The molecular weight excluding hydrogens is 589 g/mol. The molecule has 0 N–H and O–H groups in total. The van der Waals surface area contributed by atoms with E-state index in [4.69, 9.17) is 15.0 Å². The Labute approximate surface area is 276 Å². The highest BCUT2D eigenvalue weighted by molar-refractivity contribution is 6.25. The van der Waals surface area contributed by atoms with Crippen LogP contribution in [0.3, 0.4) is 0 Å². The van der Waals surface area contributed by atoms with E-state index in [1.807, 2.05) is 72.8 Å². The van der Waals surface area contributed by atoms with E-state index in [1.165, 1.54) is 0 Å². The number of fused-ring (bicyclic) bond motifs is 5.